The molecule has 94 valence electrons. The maximum Gasteiger partial charge on any atom is 0.258 e. The van der Waals surface area contributed by atoms with E-state index in [4.69, 9.17) is 4.74 Å². The molecule has 1 heterocycles. The van der Waals surface area contributed by atoms with Crippen LogP contribution in [-0.4, -0.2) is 28.5 Å². The molecule has 18 heavy (non-hydrogen) atoms. The smallest absolute Gasteiger partial charge is 0.258 e. The van der Waals surface area contributed by atoms with Crippen LogP contribution in [-0.2, 0) is 4.79 Å². The third-order valence-corrected chi connectivity index (χ3v) is 2.30. The van der Waals surface area contributed by atoms with E-state index in [-0.39, 0.29) is 18.6 Å². The average Bonchev–Trinajstić information content (AvgIpc) is 2.35. The van der Waals surface area contributed by atoms with Crippen LogP contribution in [0.3, 0.4) is 0 Å². The topological polar surface area (TPSA) is 64.1 Å². The summed E-state index contributed by atoms with van der Waals surface area (Å²) >= 11 is 0. The summed E-state index contributed by atoms with van der Waals surface area (Å²) in [5.74, 6) is 0.271. The first-order chi connectivity index (χ1) is 8.66. The maximum atomic E-state index is 11.5. The number of hydrogen-bond acceptors (Lipinski definition) is 4. The SMILES string of the molecule is CC(C)NC(=O)COc1ncnc2ccccc12. The van der Waals surface area contributed by atoms with Crippen molar-refractivity contribution in [1.29, 1.82) is 0 Å². The Kier molecular flexibility index (Phi) is 3.72. The fraction of sp³-hybridized carbons (Fsp3) is 0.308. The van der Waals surface area contributed by atoms with Gasteiger partial charge in [-0.3, -0.25) is 4.79 Å². The molecule has 0 fully saturated rings. The molecule has 0 spiro atoms. The quantitative estimate of drug-likeness (QED) is 0.887. The van der Waals surface area contributed by atoms with Gasteiger partial charge in [-0.2, -0.15) is 0 Å². The Morgan fingerprint density at radius 3 is 2.89 bits per heavy atom. The molecule has 5 heteroatoms. The number of nitrogens with one attached hydrogen (secondary N) is 1. The lowest BCUT2D eigenvalue weighted by Gasteiger charge is -2.10. The number of carbonyl (C=O) groups is 1. The molecule has 1 aromatic heterocycles. The van der Waals surface area contributed by atoms with Gasteiger partial charge in [0.2, 0.25) is 5.88 Å². The molecule has 0 aliphatic rings. The fourth-order valence-electron chi connectivity index (χ4n) is 1.59. The Hall–Kier alpha value is -2.17. The van der Waals surface area contributed by atoms with Crippen LogP contribution in [0.15, 0.2) is 30.6 Å². The molecule has 5 nitrogen and oxygen atoms in total. The van der Waals surface area contributed by atoms with Crippen molar-refractivity contribution in [3.8, 4) is 5.88 Å². The van der Waals surface area contributed by atoms with E-state index < -0.39 is 0 Å². The number of benzene rings is 1. The third kappa shape index (κ3) is 2.94. The minimum absolute atomic E-state index is 0.0425. The number of aromatic nitrogens is 2. The minimum Gasteiger partial charge on any atom is -0.467 e. The van der Waals surface area contributed by atoms with Gasteiger partial charge in [-0.05, 0) is 26.0 Å². The molecule has 1 N–H and O–H groups in total. The molecule has 0 aliphatic heterocycles. The normalized spacial score (nSPS) is 10.6. The zero-order valence-corrected chi connectivity index (χ0v) is 10.4. The first kappa shape index (κ1) is 12.3. The average molecular weight is 245 g/mol. The van der Waals surface area contributed by atoms with Crippen molar-refractivity contribution in [2.75, 3.05) is 6.61 Å². The number of fused-ring (bicyclic) bond motifs is 1. The predicted molar refractivity (Wildman–Crippen MR) is 68.3 cm³/mol. The number of para-hydroxylation sites is 1. The van der Waals surface area contributed by atoms with Gasteiger partial charge in [0.15, 0.2) is 6.61 Å². The molecule has 2 aromatic rings. The monoisotopic (exact) mass is 245 g/mol. The first-order valence-electron chi connectivity index (χ1n) is 5.78. The number of rotatable bonds is 4. The zero-order chi connectivity index (χ0) is 13.0. The molecule has 0 aliphatic carbocycles. The lowest BCUT2D eigenvalue weighted by Crippen LogP contribution is -2.34. The van der Waals surface area contributed by atoms with Crippen LogP contribution < -0.4 is 10.1 Å². The van der Waals surface area contributed by atoms with Gasteiger partial charge in [-0.1, -0.05) is 12.1 Å². The Labute approximate surface area is 105 Å². The molecule has 1 amide bonds. The highest BCUT2D eigenvalue weighted by molar-refractivity contribution is 5.84. The van der Waals surface area contributed by atoms with E-state index in [0.29, 0.717) is 5.88 Å². The van der Waals surface area contributed by atoms with Crippen LogP contribution in [0.2, 0.25) is 0 Å². The van der Waals surface area contributed by atoms with E-state index in [1.807, 2.05) is 38.1 Å². The number of nitrogens with zero attached hydrogens (tertiary/aromatic N) is 2. The summed E-state index contributed by atoms with van der Waals surface area (Å²) in [4.78, 5) is 19.7. The van der Waals surface area contributed by atoms with Gasteiger partial charge in [0, 0.05) is 6.04 Å². The van der Waals surface area contributed by atoms with Gasteiger partial charge in [-0.25, -0.2) is 9.97 Å². The standard InChI is InChI=1S/C13H15N3O2/c1-9(2)16-12(17)7-18-13-10-5-3-4-6-11(10)14-8-15-13/h3-6,8-9H,7H2,1-2H3,(H,16,17). The largest absolute Gasteiger partial charge is 0.467 e. The Balaban J connectivity index is 2.10. The second kappa shape index (κ2) is 5.44. The molecule has 1 aromatic carbocycles. The van der Waals surface area contributed by atoms with Crippen LogP contribution in [0.25, 0.3) is 10.9 Å². The van der Waals surface area contributed by atoms with E-state index in [1.165, 1.54) is 6.33 Å². The summed E-state index contributed by atoms with van der Waals surface area (Å²) in [6.45, 7) is 3.76. The maximum absolute atomic E-state index is 11.5. The highest BCUT2D eigenvalue weighted by Gasteiger charge is 2.08. The number of ether oxygens (including phenoxy) is 1. The summed E-state index contributed by atoms with van der Waals surface area (Å²) in [5, 5.41) is 3.56. The Morgan fingerprint density at radius 1 is 1.33 bits per heavy atom. The van der Waals surface area contributed by atoms with Crippen molar-refractivity contribution in [3.05, 3.63) is 30.6 Å². The van der Waals surface area contributed by atoms with E-state index in [2.05, 4.69) is 15.3 Å². The molecule has 0 unspecified atom stereocenters. The van der Waals surface area contributed by atoms with Crippen molar-refractivity contribution in [2.45, 2.75) is 19.9 Å². The second-order valence-electron chi connectivity index (χ2n) is 4.21. The molecule has 0 saturated carbocycles. The van der Waals surface area contributed by atoms with Gasteiger partial charge < -0.3 is 10.1 Å². The number of amides is 1. The van der Waals surface area contributed by atoms with Crippen molar-refractivity contribution in [1.82, 2.24) is 15.3 Å². The van der Waals surface area contributed by atoms with E-state index in [0.717, 1.165) is 10.9 Å². The molecular formula is C13H15N3O2. The number of carbonyl (C=O) groups excluding carboxylic acids is 1. The minimum atomic E-state index is -0.160. The van der Waals surface area contributed by atoms with Crippen molar-refractivity contribution >= 4 is 16.8 Å². The van der Waals surface area contributed by atoms with Gasteiger partial charge in [0.25, 0.3) is 5.91 Å². The highest BCUT2D eigenvalue weighted by atomic mass is 16.5. The first-order valence-corrected chi connectivity index (χ1v) is 5.78. The summed E-state index contributed by atoms with van der Waals surface area (Å²) in [7, 11) is 0. The Bertz CT molecular complexity index is 549. The van der Waals surface area contributed by atoms with Gasteiger partial charge in [-0.15, -0.1) is 0 Å². The highest BCUT2D eigenvalue weighted by Crippen LogP contribution is 2.20. The van der Waals surface area contributed by atoms with E-state index >= 15 is 0 Å². The van der Waals surface area contributed by atoms with Crippen LogP contribution in [0.5, 0.6) is 5.88 Å². The predicted octanol–water partition coefficient (Wildman–Crippen LogP) is 1.53. The number of hydrogen-bond donors (Lipinski definition) is 1. The van der Waals surface area contributed by atoms with Crippen molar-refractivity contribution < 1.29 is 9.53 Å². The van der Waals surface area contributed by atoms with E-state index in [9.17, 15) is 4.79 Å². The van der Waals surface area contributed by atoms with Gasteiger partial charge >= 0.3 is 0 Å². The summed E-state index contributed by atoms with van der Waals surface area (Å²) in [6, 6.07) is 7.61. The summed E-state index contributed by atoms with van der Waals surface area (Å²) < 4.78 is 5.42. The van der Waals surface area contributed by atoms with E-state index in [1.54, 1.807) is 0 Å². The fourth-order valence-corrected chi connectivity index (χ4v) is 1.59. The Morgan fingerprint density at radius 2 is 2.11 bits per heavy atom. The van der Waals surface area contributed by atoms with Gasteiger partial charge in [0.05, 0.1) is 10.9 Å². The molecule has 0 radical (unpaired) electrons. The molecule has 2 rings (SSSR count). The third-order valence-electron chi connectivity index (χ3n) is 2.30. The summed E-state index contributed by atoms with van der Waals surface area (Å²) in [5.41, 5.74) is 0.798. The lowest BCUT2D eigenvalue weighted by atomic mass is 10.2. The molecular weight excluding hydrogens is 230 g/mol. The van der Waals surface area contributed by atoms with Gasteiger partial charge in [0.1, 0.15) is 6.33 Å². The van der Waals surface area contributed by atoms with Crippen LogP contribution in [0.1, 0.15) is 13.8 Å². The lowest BCUT2D eigenvalue weighted by molar-refractivity contribution is -0.123. The molecule has 0 saturated heterocycles. The molecule has 0 atom stereocenters. The molecule has 0 bridgehead atoms. The zero-order valence-electron chi connectivity index (χ0n) is 10.4. The summed E-state index contributed by atoms with van der Waals surface area (Å²) in [6.07, 6.45) is 1.43. The van der Waals surface area contributed by atoms with Crippen LogP contribution >= 0.6 is 0 Å². The van der Waals surface area contributed by atoms with Crippen LogP contribution in [0.4, 0.5) is 0 Å². The van der Waals surface area contributed by atoms with Crippen molar-refractivity contribution in [2.24, 2.45) is 0 Å². The van der Waals surface area contributed by atoms with Crippen molar-refractivity contribution in [3.63, 3.8) is 0 Å². The van der Waals surface area contributed by atoms with Crippen LogP contribution in [0, 0.1) is 0 Å². The second-order valence-corrected chi connectivity index (χ2v) is 4.21.